The first-order valence-electron chi connectivity index (χ1n) is 5.88. The van der Waals surface area contributed by atoms with Crippen molar-refractivity contribution in [3.63, 3.8) is 0 Å². The molecule has 1 rings (SSSR count). The Kier molecular flexibility index (Phi) is 6.46. The number of carboxylic acids is 1. The molecule has 0 saturated carbocycles. The van der Waals surface area contributed by atoms with Gasteiger partial charge in [0.05, 0.1) is 13.7 Å². The molecule has 0 atom stereocenters. The van der Waals surface area contributed by atoms with Gasteiger partial charge in [-0.1, -0.05) is 6.07 Å². The molecule has 0 unspecified atom stereocenters. The van der Waals surface area contributed by atoms with Gasteiger partial charge in [-0.3, -0.25) is 0 Å². The zero-order valence-corrected chi connectivity index (χ0v) is 11.1. The van der Waals surface area contributed by atoms with Crippen molar-refractivity contribution in [2.75, 3.05) is 27.4 Å². The number of carbonyl (C=O) groups is 1. The van der Waals surface area contributed by atoms with Gasteiger partial charge in [0.15, 0.2) is 11.5 Å². The van der Waals surface area contributed by atoms with Crippen LogP contribution in [0.3, 0.4) is 0 Å². The third-order valence-electron chi connectivity index (χ3n) is 2.36. The Labute approximate surface area is 112 Å². The van der Waals surface area contributed by atoms with E-state index in [-0.39, 0.29) is 0 Å². The van der Waals surface area contributed by atoms with Crippen LogP contribution in [0.15, 0.2) is 24.3 Å². The summed E-state index contributed by atoms with van der Waals surface area (Å²) in [7, 11) is 3.19. The molecule has 0 amide bonds. The van der Waals surface area contributed by atoms with Crippen LogP contribution in [0.25, 0.3) is 6.08 Å². The lowest BCUT2D eigenvalue weighted by atomic mass is 10.2. The Morgan fingerprint density at radius 3 is 2.68 bits per heavy atom. The third-order valence-corrected chi connectivity index (χ3v) is 2.36. The molecule has 1 aromatic carbocycles. The van der Waals surface area contributed by atoms with E-state index in [1.54, 1.807) is 32.4 Å². The smallest absolute Gasteiger partial charge is 0.328 e. The normalized spacial score (nSPS) is 10.6. The molecular weight excluding hydrogens is 248 g/mol. The van der Waals surface area contributed by atoms with Gasteiger partial charge < -0.3 is 19.3 Å². The lowest BCUT2D eigenvalue weighted by Crippen LogP contribution is -2.02. The second kappa shape index (κ2) is 8.16. The summed E-state index contributed by atoms with van der Waals surface area (Å²) in [5.74, 6) is 0.217. The molecule has 0 bridgehead atoms. The van der Waals surface area contributed by atoms with Crippen molar-refractivity contribution in [1.82, 2.24) is 0 Å². The molecule has 0 aliphatic heterocycles. The number of rotatable bonds is 8. The molecule has 104 valence electrons. The van der Waals surface area contributed by atoms with E-state index < -0.39 is 5.97 Å². The summed E-state index contributed by atoms with van der Waals surface area (Å²) < 4.78 is 15.7. The van der Waals surface area contributed by atoms with Crippen molar-refractivity contribution in [2.24, 2.45) is 0 Å². The van der Waals surface area contributed by atoms with Crippen molar-refractivity contribution in [1.29, 1.82) is 0 Å². The summed E-state index contributed by atoms with van der Waals surface area (Å²) in [6.45, 7) is 1.18. The standard InChI is InChI=1S/C14H18O5/c1-17-8-3-9-19-12-6-4-11(5-7-14(15)16)10-13(12)18-2/h4-7,10H,3,8-9H2,1-2H3,(H,15,16)/b7-5+. The summed E-state index contributed by atoms with van der Waals surface area (Å²) in [5, 5.41) is 8.57. The Balaban J connectivity index is 2.70. The van der Waals surface area contributed by atoms with E-state index in [9.17, 15) is 4.79 Å². The highest BCUT2D eigenvalue weighted by Gasteiger charge is 2.04. The van der Waals surface area contributed by atoms with Gasteiger partial charge in [0.25, 0.3) is 0 Å². The van der Waals surface area contributed by atoms with E-state index in [2.05, 4.69) is 0 Å². The molecule has 0 aliphatic carbocycles. The molecule has 0 fully saturated rings. The van der Waals surface area contributed by atoms with Crippen LogP contribution >= 0.6 is 0 Å². The third kappa shape index (κ3) is 5.44. The molecule has 5 nitrogen and oxygen atoms in total. The highest BCUT2D eigenvalue weighted by Crippen LogP contribution is 2.28. The van der Waals surface area contributed by atoms with Gasteiger partial charge in [0.1, 0.15) is 0 Å². The fraction of sp³-hybridized carbons (Fsp3) is 0.357. The number of benzene rings is 1. The van der Waals surface area contributed by atoms with Gasteiger partial charge in [-0.2, -0.15) is 0 Å². The van der Waals surface area contributed by atoms with Gasteiger partial charge in [-0.15, -0.1) is 0 Å². The second-order valence-corrected chi connectivity index (χ2v) is 3.78. The molecule has 0 spiro atoms. The van der Waals surface area contributed by atoms with Crippen LogP contribution in [0.1, 0.15) is 12.0 Å². The second-order valence-electron chi connectivity index (χ2n) is 3.78. The molecular formula is C14H18O5. The fourth-order valence-corrected chi connectivity index (χ4v) is 1.46. The quantitative estimate of drug-likeness (QED) is 0.577. The van der Waals surface area contributed by atoms with Gasteiger partial charge >= 0.3 is 5.97 Å². The van der Waals surface area contributed by atoms with E-state index in [1.807, 2.05) is 0 Å². The van der Waals surface area contributed by atoms with Crippen molar-refractivity contribution in [3.05, 3.63) is 29.8 Å². The molecule has 0 aliphatic rings. The van der Waals surface area contributed by atoms with E-state index in [0.717, 1.165) is 18.1 Å². The number of methoxy groups -OCH3 is 2. The molecule has 5 heteroatoms. The number of hydrogen-bond donors (Lipinski definition) is 1. The van der Waals surface area contributed by atoms with E-state index >= 15 is 0 Å². The predicted molar refractivity (Wildman–Crippen MR) is 71.7 cm³/mol. The number of carboxylic acid groups (broad SMARTS) is 1. The first-order valence-corrected chi connectivity index (χ1v) is 5.88. The van der Waals surface area contributed by atoms with Crippen LogP contribution in [-0.2, 0) is 9.53 Å². The lowest BCUT2D eigenvalue weighted by molar-refractivity contribution is -0.131. The van der Waals surface area contributed by atoms with Gasteiger partial charge in [-0.25, -0.2) is 4.79 Å². The Morgan fingerprint density at radius 2 is 2.05 bits per heavy atom. The van der Waals surface area contributed by atoms with Crippen LogP contribution in [0.5, 0.6) is 11.5 Å². The SMILES string of the molecule is COCCCOc1ccc(/C=C/C(=O)O)cc1OC. The summed E-state index contributed by atoms with van der Waals surface area (Å²) in [4.78, 5) is 10.4. The predicted octanol–water partition coefficient (Wildman–Crippen LogP) is 2.21. The number of hydrogen-bond acceptors (Lipinski definition) is 4. The topological polar surface area (TPSA) is 65.0 Å². The minimum Gasteiger partial charge on any atom is -0.493 e. The van der Waals surface area contributed by atoms with Crippen LogP contribution in [-0.4, -0.2) is 38.5 Å². The fourth-order valence-electron chi connectivity index (χ4n) is 1.46. The molecule has 0 radical (unpaired) electrons. The van der Waals surface area contributed by atoms with E-state index in [1.165, 1.54) is 6.08 Å². The molecule has 0 aromatic heterocycles. The zero-order chi connectivity index (χ0) is 14.1. The lowest BCUT2D eigenvalue weighted by Gasteiger charge is -2.11. The van der Waals surface area contributed by atoms with Gasteiger partial charge in [-0.05, 0) is 23.8 Å². The number of aliphatic carboxylic acids is 1. The molecule has 0 saturated heterocycles. The van der Waals surface area contributed by atoms with Crippen molar-refractivity contribution < 1.29 is 24.1 Å². The first kappa shape index (κ1) is 15.0. The van der Waals surface area contributed by atoms with E-state index in [0.29, 0.717) is 24.7 Å². The summed E-state index contributed by atoms with van der Waals surface area (Å²) in [5.41, 5.74) is 0.739. The maximum absolute atomic E-state index is 10.4. The molecule has 1 N–H and O–H groups in total. The van der Waals surface area contributed by atoms with Crippen LogP contribution in [0.4, 0.5) is 0 Å². The van der Waals surface area contributed by atoms with Crippen molar-refractivity contribution >= 4 is 12.0 Å². The van der Waals surface area contributed by atoms with Gasteiger partial charge in [0.2, 0.25) is 0 Å². The summed E-state index contributed by atoms with van der Waals surface area (Å²) in [6.07, 6.45) is 3.37. The monoisotopic (exact) mass is 266 g/mol. The zero-order valence-electron chi connectivity index (χ0n) is 11.1. The first-order chi connectivity index (χ1) is 9.17. The maximum Gasteiger partial charge on any atom is 0.328 e. The minimum absolute atomic E-state index is 0.536. The van der Waals surface area contributed by atoms with Crippen LogP contribution in [0, 0.1) is 0 Å². The largest absolute Gasteiger partial charge is 0.493 e. The number of ether oxygens (including phenoxy) is 3. The van der Waals surface area contributed by atoms with Crippen molar-refractivity contribution in [3.8, 4) is 11.5 Å². The molecule has 1 aromatic rings. The average molecular weight is 266 g/mol. The Hall–Kier alpha value is -2.01. The van der Waals surface area contributed by atoms with E-state index in [4.69, 9.17) is 19.3 Å². The Bertz CT molecular complexity index is 439. The highest BCUT2D eigenvalue weighted by molar-refractivity contribution is 5.85. The minimum atomic E-state index is -0.987. The van der Waals surface area contributed by atoms with Crippen LogP contribution in [0.2, 0.25) is 0 Å². The maximum atomic E-state index is 10.4. The van der Waals surface area contributed by atoms with Crippen LogP contribution < -0.4 is 9.47 Å². The summed E-state index contributed by atoms with van der Waals surface area (Å²) in [6, 6.07) is 5.26. The summed E-state index contributed by atoms with van der Waals surface area (Å²) >= 11 is 0. The molecule has 0 heterocycles. The highest BCUT2D eigenvalue weighted by atomic mass is 16.5. The average Bonchev–Trinajstić information content (AvgIpc) is 2.42. The Morgan fingerprint density at radius 1 is 1.26 bits per heavy atom. The van der Waals surface area contributed by atoms with Gasteiger partial charge in [0, 0.05) is 26.2 Å². The molecule has 19 heavy (non-hydrogen) atoms. The van der Waals surface area contributed by atoms with Crippen molar-refractivity contribution in [2.45, 2.75) is 6.42 Å².